The van der Waals surface area contributed by atoms with Crippen LogP contribution < -0.4 is 0 Å². The van der Waals surface area contributed by atoms with Crippen LogP contribution in [0.5, 0.6) is 0 Å². The third-order valence-electron chi connectivity index (χ3n) is 12.0. The summed E-state index contributed by atoms with van der Waals surface area (Å²) in [5.41, 5.74) is 1.03. The molecular formula is C30H48O4. The Balaban J connectivity index is 1.63. The normalized spacial score (nSPS) is 46.7. The minimum Gasteiger partial charge on any atom is -0.478 e. The predicted octanol–water partition coefficient (Wildman–Crippen LogP) is 6.51. The molecule has 3 fully saturated rings. The second kappa shape index (κ2) is 8.20. The minimum absolute atomic E-state index is 0.0109. The monoisotopic (exact) mass is 472 g/mol. The first-order chi connectivity index (χ1) is 15.6. The van der Waals surface area contributed by atoms with E-state index < -0.39 is 11.6 Å². The van der Waals surface area contributed by atoms with Gasteiger partial charge in [0, 0.05) is 11.0 Å². The molecule has 0 aliphatic heterocycles. The van der Waals surface area contributed by atoms with Gasteiger partial charge in [0.05, 0.1) is 11.7 Å². The van der Waals surface area contributed by atoms with Gasteiger partial charge in [0.2, 0.25) is 0 Å². The lowest BCUT2D eigenvalue weighted by Gasteiger charge is -2.68. The standard InChI is InChI=1S/C30H48O4/c1-19(25(32)33)9-8-10-20(2)27(5)17-18-28(6)22(27)13-16-30(34)23(28)12-11-21-26(3,4)24(31)14-15-29(21,30)7/h9,13,20-21,23-24,31,34H,8,10-12,14-18H2,1-7H3,(H,32,33)/b19-9+/t20-,21+,23+,24+,27+,28-,29+,30-/m1/s1. The number of carbonyl (C=O) groups is 1. The molecular weight excluding hydrogens is 424 g/mol. The van der Waals surface area contributed by atoms with Crippen LogP contribution in [0.25, 0.3) is 0 Å². The van der Waals surface area contributed by atoms with Crippen LogP contribution in [0, 0.1) is 39.4 Å². The molecule has 0 aromatic carbocycles. The fourth-order valence-corrected chi connectivity index (χ4v) is 9.43. The Morgan fingerprint density at radius 2 is 1.74 bits per heavy atom. The van der Waals surface area contributed by atoms with Crippen molar-refractivity contribution in [2.45, 2.75) is 118 Å². The molecule has 4 rings (SSSR count). The van der Waals surface area contributed by atoms with Crippen molar-refractivity contribution in [1.82, 2.24) is 0 Å². The molecule has 3 N–H and O–H groups in total. The second-order valence-corrected chi connectivity index (χ2v) is 13.7. The number of hydrogen-bond acceptors (Lipinski definition) is 3. The van der Waals surface area contributed by atoms with E-state index in [1.807, 2.05) is 6.08 Å². The lowest BCUT2D eigenvalue weighted by atomic mass is 9.39. The maximum atomic E-state index is 12.5. The van der Waals surface area contributed by atoms with Crippen LogP contribution in [0.3, 0.4) is 0 Å². The number of aliphatic hydroxyl groups excluding tert-OH is 1. The second-order valence-electron chi connectivity index (χ2n) is 13.7. The fraction of sp³-hybridized carbons (Fsp3) is 0.833. The first-order valence-electron chi connectivity index (χ1n) is 13.7. The lowest BCUT2D eigenvalue weighted by molar-refractivity contribution is -0.249. The van der Waals surface area contributed by atoms with Crippen molar-refractivity contribution < 1.29 is 20.1 Å². The first-order valence-corrected chi connectivity index (χ1v) is 13.7. The van der Waals surface area contributed by atoms with Crippen LogP contribution in [-0.4, -0.2) is 33.0 Å². The molecule has 4 aliphatic carbocycles. The Labute approximate surface area is 206 Å². The molecule has 0 aromatic rings. The topological polar surface area (TPSA) is 77.8 Å². The van der Waals surface area contributed by atoms with Gasteiger partial charge in [0.25, 0.3) is 0 Å². The number of aliphatic hydroxyl groups is 2. The van der Waals surface area contributed by atoms with Gasteiger partial charge in [-0.05, 0) is 98.7 Å². The zero-order valence-corrected chi connectivity index (χ0v) is 22.6. The van der Waals surface area contributed by atoms with E-state index in [2.05, 4.69) is 47.6 Å². The molecule has 0 bridgehead atoms. The average Bonchev–Trinajstić information content (AvgIpc) is 3.03. The smallest absolute Gasteiger partial charge is 0.330 e. The number of carboxylic acid groups (broad SMARTS) is 1. The van der Waals surface area contributed by atoms with Gasteiger partial charge in [-0.25, -0.2) is 4.79 Å². The van der Waals surface area contributed by atoms with E-state index in [1.54, 1.807) is 12.5 Å². The van der Waals surface area contributed by atoms with Crippen molar-refractivity contribution in [3.63, 3.8) is 0 Å². The Bertz CT molecular complexity index is 901. The van der Waals surface area contributed by atoms with Crippen molar-refractivity contribution in [3.05, 3.63) is 23.3 Å². The summed E-state index contributed by atoms with van der Waals surface area (Å²) in [4.78, 5) is 11.2. The third kappa shape index (κ3) is 3.41. The summed E-state index contributed by atoms with van der Waals surface area (Å²) in [6.45, 7) is 15.6. The maximum Gasteiger partial charge on any atom is 0.330 e. The summed E-state index contributed by atoms with van der Waals surface area (Å²) < 4.78 is 0. The highest BCUT2D eigenvalue weighted by Gasteiger charge is 2.69. The highest BCUT2D eigenvalue weighted by atomic mass is 16.4. The Morgan fingerprint density at radius 3 is 2.38 bits per heavy atom. The summed E-state index contributed by atoms with van der Waals surface area (Å²) in [5, 5.41) is 32.5. The van der Waals surface area contributed by atoms with E-state index in [9.17, 15) is 15.0 Å². The van der Waals surface area contributed by atoms with Gasteiger partial charge in [-0.15, -0.1) is 0 Å². The number of hydrogen-bond donors (Lipinski definition) is 3. The van der Waals surface area contributed by atoms with Crippen LogP contribution in [0.2, 0.25) is 0 Å². The van der Waals surface area contributed by atoms with Crippen LogP contribution in [0.1, 0.15) is 106 Å². The van der Waals surface area contributed by atoms with Gasteiger partial charge < -0.3 is 15.3 Å². The molecule has 0 unspecified atom stereocenters. The minimum atomic E-state index is -0.830. The molecule has 8 atom stereocenters. The first kappa shape index (κ1) is 25.9. The van der Waals surface area contributed by atoms with Crippen molar-refractivity contribution in [1.29, 1.82) is 0 Å². The van der Waals surface area contributed by atoms with E-state index >= 15 is 0 Å². The van der Waals surface area contributed by atoms with Crippen LogP contribution in [-0.2, 0) is 4.79 Å². The summed E-state index contributed by atoms with van der Waals surface area (Å²) >= 11 is 0. The van der Waals surface area contributed by atoms with E-state index in [-0.39, 0.29) is 33.7 Å². The molecule has 0 radical (unpaired) electrons. The zero-order chi connectivity index (χ0) is 25.3. The number of fused-ring (bicyclic) bond motifs is 5. The van der Waals surface area contributed by atoms with Gasteiger partial charge in [0.1, 0.15) is 0 Å². The summed E-state index contributed by atoms with van der Waals surface area (Å²) in [7, 11) is 0. The van der Waals surface area contributed by atoms with E-state index in [0.29, 0.717) is 17.4 Å². The molecule has 34 heavy (non-hydrogen) atoms. The van der Waals surface area contributed by atoms with Crippen molar-refractivity contribution in [2.75, 3.05) is 0 Å². The van der Waals surface area contributed by atoms with Gasteiger partial charge in [-0.1, -0.05) is 59.3 Å². The van der Waals surface area contributed by atoms with Crippen LogP contribution >= 0.6 is 0 Å². The van der Waals surface area contributed by atoms with Gasteiger partial charge in [-0.3, -0.25) is 0 Å². The van der Waals surface area contributed by atoms with Crippen LogP contribution in [0.4, 0.5) is 0 Å². The summed E-state index contributed by atoms with van der Waals surface area (Å²) in [6.07, 6.45) is 12.5. The third-order valence-corrected chi connectivity index (χ3v) is 12.0. The number of rotatable bonds is 5. The quantitative estimate of drug-likeness (QED) is 0.315. The van der Waals surface area contributed by atoms with E-state index in [0.717, 1.165) is 57.8 Å². The van der Waals surface area contributed by atoms with Gasteiger partial charge in [0.15, 0.2) is 0 Å². The van der Waals surface area contributed by atoms with Crippen molar-refractivity contribution >= 4 is 5.97 Å². The lowest BCUT2D eigenvalue weighted by Crippen LogP contribution is -2.68. The summed E-state index contributed by atoms with van der Waals surface area (Å²) in [6, 6.07) is 0. The molecule has 4 nitrogen and oxygen atoms in total. The zero-order valence-electron chi connectivity index (χ0n) is 22.6. The largest absolute Gasteiger partial charge is 0.478 e. The number of allylic oxidation sites excluding steroid dienone is 2. The fourth-order valence-electron chi connectivity index (χ4n) is 9.43. The molecule has 0 aromatic heterocycles. The number of aliphatic carboxylic acids is 1. The van der Waals surface area contributed by atoms with Gasteiger partial charge in [-0.2, -0.15) is 0 Å². The molecule has 0 heterocycles. The maximum absolute atomic E-state index is 12.5. The average molecular weight is 473 g/mol. The SMILES string of the molecule is C/C(=C\CC[C@@H](C)[C@]1(C)CC[C@]2(C)C1=CC[C@@]1(O)[C@H]2CC[C@H]2C(C)(C)[C@@H](O)CC[C@@]21C)C(=O)O. The molecule has 0 saturated heterocycles. The Hall–Kier alpha value is -1.13. The molecule has 0 amide bonds. The predicted molar refractivity (Wildman–Crippen MR) is 136 cm³/mol. The Kier molecular flexibility index (Phi) is 6.26. The van der Waals surface area contributed by atoms with Crippen molar-refractivity contribution in [2.24, 2.45) is 39.4 Å². The molecule has 3 saturated carbocycles. The van der Waals surface area contributed by atoms with Crippen LogP contribution in [0.15, 0.2) is 23.3 Å². The molecule has 4 aliphatic rings. The van der Waals surface area contributed by atoms with Gasteiger partial charge >= 0.3 is 5.97 Å². The molecule has 4 heteroatoms. The van der Waals surface area contributed by atoms with E-state index in [4.69, 9.17) is 5.11 Å². The molecule has 0 spiro atoms. The Morgan fingerprint density at radius 1 is 1.09 bits per heavy atom. The summed E-state index contributed by atoms with van der Waals surface area (Å²) in [5.74, 6) is 0.222. The van der Waals surface area contributed by atoms with Crippen molar-refractivity contribution in [3.8, 4) is 0 Å². The molecule has 192 valence electrons. The highest BCUT2D eigenvalue weighted by molar-refractivity contribution is 5.85. The van der Waals surface area contributed by atoms with E-state index in [1.165, 1.54) is 0 Å². The highest BCUT2D eigenvalue weighted by Crippen LogP contribution is 2.72. The number of carboxylic acids is 1.